The number of benzene rings is 2. The van der Waals surface area contributed by atoms with Crippen LogP contribution in [0.3, 0.4) is 0 Å². The van der Waals surface area contributed by atoms with Crippen LogP contribution in [-0.4, -0.2) is 28.1 Å². The molecule has 1 amide bonds. The third-order valence-corrected chi connectivity index (χ3v) is 4.00. The van der Waals surface area contributed by atoms with Crippen molar-refractivity contribution in [2.45, 2.75) is 26.6 Å². The third kappa shape index (κ3) is 5.81. The lowest BCUT2D eigenvalue weighted by Crippen LogP contribution is -2.15. The molecule has 2 N–H and O–H groups in total. The van der Waals surface area contributed by atoms with E-state index in [1.165, 1.54) is 18.3 Å². The smallest absolute Gasteiger partial charge is 0.337 e. The number of hydrogen-bond donors (Lipinski definition) is 2. The first-order chi connectivity index (χ1) is 14.4. The fourth-order valence-electron chi connectivity index (χ4n) is 2.68. The van der Waals surface area contributed by atoms with Crippen LogP contribution < -0.4 is 14.8 Å². The maximum Gasteiger partial charge on any atom is 0.337 e. The van der Waals surface area contributed by atoms with E-state index < -0.39 is 5.97 Å². The number of pyridine rings is 1. The summed E-state index contributed by atoms with van der Waals surface area (Å²) in [5.41, 5.74) is 1.20. The van der Waals surface area contributed by atoms with Gasteiger partial charge in [0.25, 0.3) is 5.91 Å². The second-order valence-corrected chi connectivity index (χ2v) is 6.83. The van der Waals surface area contributed by atoms with Crippen molar-refractivity contribution in [1.82, 2.24) is 4.98 Å². The summed E-state index contributed by atoms with van der Waals surface area (Å²) < 4.78 is 11.6. The van der Waals surface area contributed by atoms with Gasteiger partial charge in [-0.05, 0) is 61.9 Å². The van der Waals surface area contributed by atoms with Crippen molar-refractivity contribution in [2.75, 3.05) is 5.32 Å². The zero-order valence-corrected chi connectivity index (χ0v) is 16.7. The van der Waals surface area contributed by atoms with Crippen molar-refractivity contribution in [3.63, 3.8) is 0 Å². The fraction of sp³-hybridized carbons (Fsp3) is 0.174. The van der Waals surface area contributed by atoms with E-state index in [-0.39, 0.29) is 30.0 Å². The largest absolute Gasteiger partial charge is 0.491 e. The molecule has 0 aliphatic heterocycles. The second kappa shape index (κ2) is 9.56. The highest BCUT2D eigenvalue weighted by molar-refractivity contribution is 6.04. The highest BCUT2D eigenvalue weighted by Gasteiger charge is 2.13. The molecule has 1 heterocycles. The maximum absolute atomic E-state index is 12.7. The number of aromatic nitrogens is 1. The lowest BCUT2D eigenvalue weighted by Gasteiger charge is -2.14. The Bertz CT molecular complexity index is 1020. The first-order valence-electron chi connectivity index (χ1n) is 9.40. The molecule has 30 heavy (non-hydrogen) atoms. The molecule has 7 heteroatoms. The lowest BCUT2D eigenvalue weighted by molar-refractivity contribution is 0.0696. The van der Waals surface area contributed by atoms with Gasteiger partial charge in [0.1, 0.15) is 23.9 Å². The van der Waals surface area contributed by atoms with E-state index in [2.05, 4.69) is 10.3 Å². The summed E-state index contributed by atoms with van der Waals surface area (Å²) in [7, 11) is 0. The fourth-order valence-corrected chi connectivity index (χ4v) is 2.68. The molecule has 3 aromatic rings. The number of nitrogens with one attached hydrogen (secondary N) is 1. The van der Waals surface area contributed by atoms with Gasteiger partial charge in [0.2, 0.25) is 0 Å². The van der Waals surface area contributed by atoms with Crippen LogP contribution >= 0.6 is 0 Å². The maximum atomic E-state index is 12.7. The van der Waals surface area contributed by atoms with E-state index in [0.29, 0.717) is 11.3 Å². The van der Waals surface area contributed by atoms with Gasteiger partial charge in [0.05, 0.1) is 11.7 Å². The Kier molecular flexibility index (Phi) is 6.64. The van der Waals surface area contributed by atoms with Crippen LogP contribution in [0.2, 0.25) is 0 Å². The molecule has 0 atom stereocenters. The van der Waals surface area contributed by atoms with Crippen LogP contribution in [0.25, 0.3) is 0 Å². The van der Waals surface area contributed by atoms with Gasteiger partial charge in [0.15, 0.2) is 0 Å². The van der Waals surface area contributed by atoms with Gasteiger partial charge in [-0.3, -0.25) is 4.79 Å². The second-order valence-electron chi connectivity index (χ2n) is 6.83. The van der Waals surface area contributed by atoms with Gasteiger partial charge in [-0.1, -0.05) is 18.2 Å². The monoisotopic (exact) mass is 406 g/mol. The summed E-state index contributed by atoms with van der Waals surface area (Å²) in [5, 5.41) is 11.6. The lowest BCUT2D eigenvalue weighted by atomic mass is 10.1. The summed E-state index contributed by atoms with van der Waals surface area (Å²) in [4.78, 5) is 27.6. The molecule has 0 saturated heterocycles. The van der Waals surface area contributed by atoms with Crippen molar-refractivity contribution in [3.8, 4) is 11.5 Å². The van der Waals surface area contributed by atoms with E-state index in [0.717, 1.165) is 11.3 Å². The highest BCUT2D eigenvalue weighted by Crippen LogP contribution is 2.21. The molecular weight excluding hydrogens is 384 g/mol. The quantitative estimate of drug-likeness (QED) is 0.575. The molecule has 0 spiro atoms. The van der Waals surface area contributed by atoms with E-state index in [1.54, 1.807) is 12.1 Å². The van der Waals surface area contributed by atoms with Crippen molar-refractivity contribution < 1.29 is 24.2 Å². The number of rotatable bonds is 8. The molecular formula is C23H22N2O5. The molecule has 0 aliphatic rings. The molecule has 0 unspecified atom stereocenters. The number of carboxylic acids is 1. The summed E-state index contributed by atoms with van der Waals surface area (Å²) in [6, 6.07) is 17.4. The van der Waals surface area contributed by atoms with Crippen LogP contribution in [0, 0.1) is 0 Å². The minimum atomic E-state index is -1.08. The van der Waals surface area contributed by atoms with Crippen molar-refractivity contribution in [3.05, 3.63) is 83.6 Å². The summed E-state index contributed by atoms with van der Waals surface area (Å²) in [6.45, 7) is 4.08. The van der Waals surface area contributed by atoms with E-state index in [1.807, 2.05) is 50.2 Å². The van der Waals surface area contributed by atoms with Crippen LogP contribution in [-0.2, 0) is 6.61 Å². The Hall–Kier alpha value is -3.87. The van der Waals surface area contributed by atoms with Crippen LogP contribution in [0.4, 0.5) is 5.82 Å². The first kappa shape index (κ1) is 20.9. The number of ether oxygens (including phenoxy) is 2. The standard InChI is InChI=1S/C23H22N2O5/c1-15(2)30-20-11-16(14-29-19-6-4-3-5-7-19)10-18(12-20)22(26)25-21-9-8-17(13-24-21)23(27)28/h3-13,15H,14H2,1-2H3,(H,27,28)(H,24,25,26). The van der Waals surface area contributed by atoms with Gasteiger partial charge >= 0.3 is 5.97 Å². The first-order valence-corrected chi connectivity index (χ1v) is 9.40. The van der Waals surface area contributed by atoms with Gasteiger partial charge in [-0.25, -0.2) is 9.78 Å². The van der Waals surface area contributed by atoms with Crippen molar-refractivity contribution >= 4 is 17.7 Å². The van der Waals surface area contributed by atoms with Crippen molar-refractivity contribution in [1.29, 1.82) is 0 Å². The molecule has 2 aromatic carbocycles. The number of carbonyl (C=O) groups excluding carboxylic acids is 1. The van der Waals surface area contributed by atoms with Gasteiger partial charge in [-0.2, -0.15) is 0 Å². The summed E-state index contributed by atoms with van der Waals surface area (Å²) >= 11 is 0. The van der Waals surface area contributed by atoms with Gasteiger partial charge < -0.3 is 19.9 Å². The average molecular weight is 406 g/mol. The molecule has 0 radical (unpaired) electrons. The number of hydrogen-bond acceptors (Lipinski definition) is 5. The minimum absolute atomic E-state index is 0.0423. The Balaban J connectivity index is 1.78. The minimum Gasteiger partial charge on any atom is -0.491 e. The highest BCUT2D eigenvalue weighted by atomic mass is 16.5. The summed E-state index contributed by atoms with van der Waals surface area (Å²) in [5.74, 6) is 0.0601. The Labute approximate surface area is 174 Å². The number of carboxylic acid groups (broad SMARTS) is 1. The van der Waals surface area contributed by atoms with Crippen molar-refractivity contribution in [2.24, 2.45) is 0 Å². The zero-order valence-electron chi connectivity index (χ0n) is 16.7. The average Bonchev–Trinajstić information content (AvgIpc) is 2.73. The van der Waals surface area contributed by atoms with Crippen LogP contribution in [0.15, 0.2) is 66.9 Å². The number of aromatic carboxylic acids is 1. The number of amides is 1. The third-order valence-electron chi connectivity index (χ3n) is 4.00. The van der Waals surface area contributed by atoms with Crippen LogP contribution in [0.1, 0.15) is 40.1 Å². The van der Waals surface area contributed by atoms with E-state index >= 15 is 0 Å². The molecule has 3 rings (SSSR count). The SMILES string of the molecule is CC(C)Oc1cc(COc2ccccc2)cc(C(=O)Nc2ccc(C(=O)O)cn2)c1. The Morgan fingerprint density at radius 1 is 1.00 bits per heavy atom. The number of nitrogens with zero attached hydrogens (tertiary/aromatic N) is 1. The van der Waals surface area contributed by atoms with E-state index in [9.17, 15) is 9.59 Å². The molecule has 7 nitrogen and oxygen atoms in total. The predicted octanol–water partition coefficient (Wildman–Crippen LogP) is 4.40. The molecule has 0 fully saturated rings. The molecule has 0 saturated carbocycles. The predicted molar refractivity (Wildman–Crippen MR) is 112 cm³/mol. The topological polar surface area (TPSA) is 97.8 Å². The Morgan fingerprint density at radius 3 is 2.40 bits per heavy atom. The normalized spacial score (nSPS) is 10.5. The van der Waals surface area contributed by atoms with Gasteiger partial charge in [0, 0.05) is 11.8 Å². The number of para-hydroxylation sites is 1. The van der Waals surface area contributed by atoms with E-state index in [4.69, 9.17) is 14.6 Å². The molecule has 1 aromatic heterocycles. The summed E-state index contributed by atoms with van der Waals surface area (Å²) in [6.07, 6.45) is 1.13. The van der Waals surface area contributed by atoms with Gasteiger partial charge in [-0.15, -0.1) is 0 Å². The zero-order chi connectivity index (χ0) is 21.5. The number of carbonyl (C=O) groups is 2. The molecule has 0 bridgehead atoms. The Morgan fingerprint density at radius 2 is 1.77 bits per heavy atom. The molecule has 154 valence electrons. The number of anilines is 1. The molecule has 0 aliphatic carbocycles. The van der Waals surface area contributed by atoms with Crippen LogP contribution in [0.5, 0.6) is 11.5 Å².